The molecule has 1 saturated heterocycles. The molecule has 0 radical (unpaired) electrons. The molecule has 0 saturated carbocycles. The quantitative estimate of drug-likeness (QED) is 0.382. The van der Waals surface area contributed by atoms with E-state index in [1.165, 1.54) is 25.0 Å². The first-order valence-corrected chi connectivity index (χ1v) is 12.6. The van der Waals surface area contributed by atoms with Gasteiger partial charge in [-0.25, -0.2) is 14.4 Å². The molecule has 0 atom stereocenters. The van der Waals surface area contributed by atoms with Crippen molar-refractivity contribution in [2.45, 2.75) is 32.7 Å². The summed E-state index contributed by atoms with van der Waals surface area (Å²) in [6, 6.07) is 15.1. The van der Waals surface area contributed by atoms with E-state index < -0.39 is 0 Å². The van der Waals surface area contributed by atoms with Crippen LogP contribution in [0, 0.1) is 18.7 Å². The summed E-state index contributed by atoms with van der Waals surface area (Å²) in [5, 5.41) is 6.54. The van der Waals surface area contributed by atoms with E-state index >= 15 is 0 Å². The zero-order valence-corrected chi connectivity index (χ0v) is 19.8. The largest absolute Gasteiger partial charge is 0.360 e. The van der Waals surface area contributed by atoms with Gasteiger partial charge in [0.15, 0.2) is 5.13 Å². The van der Waals surface area contributed by atoms with Crippen molar-refractivity contribution < 1.29 is 4.39 Å². The Bertz CT molecular complexity index is 1190. The van der Waals surface area contributed by atoms with Crippen molar-refractivity contribution in [2.75, 3.05) is 31.5 Å². The SMILES string of the molecule is Cc1csc(NCCN2CCC(Cc3nc4ccccc4n3Cc3ccc(F)cc3)CC2)n1. The summed E-state index contributed by atoms with van der Waals surface area (Å²) in [6.07, 6.45) is 3.37. The standard InChI is InChI=1S/C26H30FN5S/c1-19-18-33-26(29-19)28-12-15-31-13-10-20(11-14-31)16-25-30-23-4-2-3-5-24(23)32(25)17-21-6-8-22(27)9-7-21/h2-9,18,20H,10-17H2,1H3,(H,28,29). The molecule has 0 bridgehead atoms. The lowest BCUT2D eigenvalue weighted by Crippen LogP contribution is -2.37. The van der Waals surface area contributed by atoms with Gasteiger partial charge < -0.3 is 14.8 Å². The molecule has 2 aromatic heterocycles. The number of halogens is 1. The normalized spacial score (nSPS) is 15.3. The Labute approximate surface area is 198 Å². The van der Waals surface area contributed by atoms with Gasteiger partial charge in [0.2, 0.25) is 0 Å². The van der Waals surface area contributed by atoms with Crippen LogP contribution in [0.15, 0.2) is 53.9 Å². The number of anilines is 1. The second kappa shape index (κ2) is 10.0. The molecule has 1 N–H and O–H groups in total. The van der Waals surface area contributed by atoms with E-state index in [0.29, 0.717) is 5.92 Å². The number of aromatic nitrogens is 3. The Morgan fingerprint density at radius 3 is 2.61 bits per heavy atom. The van der Waals surface area contributed by atoms with Crippen LogP contribution < -0.4 is 5.32 Å². The number of para-hydroxylation sites is 2. The molecule has 0 unspecified atom stereocenters. The van der Waals surface area contributed by atoms with Crippen molar-refractivity contribution in [2.24, 2.45) is 5.92 Å². The van der Waals surface area contributed by atoms with Crippen molar-refractivity contribution in [3.63, 3.8) is 0 Å². The Morgan fingerprint density at radius 2 is 1.85 bits per heavy atom. The van der Waals surface area contributed by atoms with Crippen LogP contribution in [0.4, 0.5) is 9.52 Å². The lowest BCUT2D eigenvalue weighted by Gasteiger charge is -2.31. The van der Waals surface area contributed by atoms with Crippen LogP contribution in [0.25, 0.3) is 11.0 Å². The number of imidazole rings is 1. The molecule has 0 amide bonds. The number of benzene rings is 2. The molecule has 2 aromatic carbocycles. The van der Waals surface area contributed by atoms with Crippen LogP contribution in [0.5, 0.6) is 0 Å². The summed E-state index contributed by atoms with van der Waals surface area (Å²) in [7, 11) is 0. The lowest BCUT2D eigenvalue weighted by atomic mass is 9.93. The van der Waals surface area contributed by atoms with Crippen molar-refractivity contribution in [1.82, 2.24) is 19.4 Å². The van der Waals surface area contributed by atoms with Gasteiger partial charge in [0.1, 0.15) is 11.6 Å². The Balaban J connectivity index is 1.20. The molecule has 0 aliphatic carbocycles. The van der Waals surface area contributed by atoms with Gasteiger partial charge in [-0.15, -0.1) is 11.3 Å². The van der Waals surface area contributed by atoms with E-state index in [0.717, 1.165) is 72.4 Å². The van der Waals surface area contributed by atoms with Gasteiger partial charge in [-0.1, -0.05) is 24.3 Å². The molecule has 1 aliphatic rings. The predicted octanol–water partition coefficient (Wildman–Crippen LogP) is 5.36. The fourth-order valence-corrected chi connectivity index (χ4v) is 5.38. The summed E-state index contributed by atoms with van der Waals surface area (Å²) >= 11 is 1.67. The number of nitrogens with one attached hydrogen (secondary N) is 1. The van der Waals surface area contributed by atoms with Crippen LogP contribution in [-0.2, 0) is 13.0 Å². The smallest absolute Gasteiger partial charge is 0.182 e. The highest BCUT2D eigenvalue weighted by molar-refractivity contribution is 7.13. The van der Waals surface area contributed by atoms with Crippen LogP contribution in [-0.4, -0.2) is 45.6 Å². The molecule has 3 heterocycles. The molecular formula is C26H30FN5S. The molecule has 5 nitrogen and oxygen atoms in total. The first-order valence-electron chi connectivity index (χ1n) is 11.7. The maximum Gasteiger partial charge on any atom is 0.182 e. The van der Waals surface area contributed by atoms with E-state index in [1.54, 1.807) is 11.3 Å². The number of hydrogen-bond donors (Lipinski definition) is 1. The van der Waals surface area contributed by atoms with E-state index in [2.05, 4.69) is 43.3 Å². The first kappa shape index (κ1) is 22.0. The predicted molar refractivity (Wildman–Crippen MR) is 133 cm³/mol. The third-order valence-corrected chi connectivity index (χ3v) is 7.41. The fourth-order valence-electron chi connectivity index (χ4n) is 4.66. The van der Waals surface area contributed by atoms with Gasteiger partial charge in [-0.2, -0.15) is 0 Å². The number of thiazole rings is 1. The number of aryl methyl sites for hydroxylation is 1. The second-order valence-electron chi connectivity index (χ2n) is 8.94. The van der Waals surface area contributed by atoms with Gasteiger partial charge in [-0.05, 0) is 68.6 Å². The van der Waals surface area contributed by atoms with E-state index in [1.807, 2.05) is 25.1 Å². The van der Waals surface area contributed by atoms with Crippen LogP contribution in [0.3, 0.4) is 0 Å². The van der Waals surface area contributed by atoms with Crippen LogP contribution in [0.1, 0.15) is 29.9 Å². The minimum Gasteiger partial charge on any atom is -0.360 e. The number of likely N-dealkylation sites (tertiary alicyclic amines) is 1. The van der Waals surface area contributed by atoms with Gasteiger partial charge in [0, 0.05) is 31.4 Å². The number of piperidine rings is 1. The molecule has 4 aromatic rings. The highest BCUT2D eigenvalue weighted by Gasteiger charge is 2.22. The van der Waals surface area contributed by atoms with Crippen molar-refractivity contribution in [3.8, 4) is 0 Å². The molecule has 5 rings (SSSR count). The van der Waals surface area contributed by atoms with Crippen molar-refractivity contribution in [3.05, 3.63) is 76.8 Å². The first-order chi connectivity index (χ1) is 16.1. The lowest BCUT2D eigenvalue weighted by molar-refractivity contribution is 0.188. The third kappa shape index (κ3) is 5.42. The maximum atomic E-state index is 13.4. The van der Waals surface area contributed by atoms with Gasteiger partial charge in [0.25, 0.3) is 0 Å². The maximum absolute atomic E-state index is 13.4. The van der Waals surface area contributed by atoms with E-state index in [-0.39, 0.29) is 5.82 Å². The topological polar surface area (TPSA) is 46.0 Å². The van der Waals surface area contributed by atoms with E-state index in [9.17, 15) is 4.39 Å². The van der Waals surface area contributed by atoms with Crippen molar-refractivity contribution in [1.29, 1.82) is 0 Å². The second-order valence-corrected chi connectivity index (χ2v) is 9.80. The summed E-state index contributed by atoms with van der Waals surface area (Å²) in [4.78, 5) is 12.0. The number of nitrogens with zero attached hydrogens (tertiary/aromatic N) is 4. The van der Waals surface area contributed by atoms with Gasteiger partial charge in [0.05, 0.1) is 16.7 Å². The Hall–Kier alpha value is -2.77. The molecule has 1 aliphatic heterocycles. The summed E-state index contributed by atoms with van der Waals surface area (Å²) in [6.45, 7) is 6.99. The average Bonchev–Trinajstić information content (AvgIpc) is 3.39. The van der Waals surface area contributed by atoms with Crippen LogP contribution in [0.2, 0.25) is 0 Å². The number of hydrogen-bond acceptors (Lipinski definition) is 5. The molecule has 33 heavy (non-hydrogen) atoms. The zero-order valence-electron chi connectivity index (χ0n) is 19.0. The van der Waals surface area contributed by atoms with Crippen LogP contribution >= 0.6 is 11.3 Å². The molecule has 7 heteroatoms. The fraction of sp³-hybridized carbons (Fsp3) is 0.385. The Kier molecular flexibility index (Phi) is 6.69. The minimum atomic E-state index is -0.196. The highest BCUT2D eigenvalue weighted by Crippen LogP contribution is 2.25. The molecule has 0 spiro atoms. The summed E-state index contributed by atoms with van der Waals surface area (Å²) in [5.41, 5.74) is 4.36. The monoisotopic (exact) mass is 463 g/mol. The average molecular weight is 464 g/mol. The molecular weight excluding hydrogens is 433 g/mol. The minimum absolute atomic E-state index is 0.196. The Morgan fingerprint density at radius 1 is 1.06 bits per heavy atom. The number of fused-ring (bicyclic) bond motifs is 1. The van der Waals surface area contributed by atoms with Gasteiger partial charge >= 0.3 is 0 Å². The third-order valence-electron chi connectivity index (χ3n) is 6.49. The number of rotatable bonds is 8. The summed E-state index contributed by atoms with van der Waals surface area (Å²) in [5.74, 6) is 1.58. The zero-order chi connectivity index (χ0) is 22.6. The molecule has 172 valence electrons. The summed E-state index contributed by atoms with van der Waals surface area (Å²) < 4.78 is 15.7. The highest BCUT2D eigenvalue weighted by atomic mass is 32.1. The van der Waals surface area contributed by atoms with Crippen molar-refractivity contribution >= 4 is 27.5 Å². The van der Waals surface area contributed by atoms with Gasteiger partial charge in [-0.3, -0.25) is 0 Å². The van der Waals surface area contributed by atoms with E-state index in [4.69, 9.17) is 4.98 Å². The molecule has 1 fully saturated rings.